The van der Waals surface area contributed by atoms with Gasteiger partial charge in [-0.1, -0.05) is 29.8 Å². The lowest BCUT2D eigenvalue weighted by atomic mass is 9.86. The molecule has 0 spiro atoms. The third-order valence-electron chi connectivity index (χ3n) is 4.28. The number of carbonyl (C=O) groups excluding carboxylic acids is 1. The van der Waals surface area contributed by atoms with Gasteiger partial charge in [-0.05, 0) is 57.1 Å². The molecule has 1 amide bonds. The molecule has 2 nitrogen and oxygen atoms in total. The van der Waals surface area contributed by atoms with Gasteiger partial charge in [0.2, 0.25) is 5.91 Å². The van der Waals surface area contributed by atoms with Gasteiger partial charge in [0.1, 0.15) is 0 Å². The molecular formula is C18H23NO. The van der Waals surface area contributed by atoms with Crippen LogP contribution < -0.4 is 0 Å². The first-order valence-electron chi connectivity index (χ1n) is 7.72. The summed E-state index contributed by atoms with van der Waals surface area (Å²) >= 11 is 0. The maximum atomic E-state index is 12.6. The molecule has 1 saturated carbocycles. The summed E-state index contributed by atoms with van der Waals surface area (Å²) in [7, 11) is 0. The summed E-state index contributed by atoms with van der Waals surface area (Å²) in [5, 5.41) is 0. The fraction of sp³-hybridized carbons (Fsp3) is 0.500. The Hall–Kier alpha value is -1.57. The van der Waals surface area contributed by atoms with E-state index >= 15 is 0 Å². The number of hydrogen-bond donors (Lipinski definition) is 0. The van der Waals surface area contributed by atoms with Crippen LogP contribution in [0.3, 0.4) is 0 Å². The highest BCUT2D eigenvalue weighted by Gasteiger charge is 2.38. The van der Waals surface area contributed by atoms with E-state index in [0.29, 0.717) is 6.04 Å². The molecule has 2 aliphatic carbocycles. The Kier molecular flexibility index (Phi) is 3.64. The molecule has 0 N–H and O–H groups in total. The number of rotatable bonds is 3. The second-order valence-electron chi connectivity index (χ2n) is 6.31. The number of allylic oxidation sites excluding steroid dienone is 1. The number of aryl methyl sites for hydroxylation is 1. The minimum Gasteiger partial charge on any atom is -0.329 e. The van der Waals surface area contributed by atoms with E-state index in [1.54, 1.807) is 6.08 Å². The van der Waals surface area contributed by atoms with E-state index in [2.05, 4.69) is 29.2 Å². The smallest absolute Gasteiger partial charge is 0.247 e. The maximum Gasteiger partial charge on any atom is 0.247 e. The Balaban J connectivity index is 1.93. The zero-order valence-corrected chi connectivity index (χ0v) is 12.4. The number of nitrogens with zero attached hydrogens (tertiary/aromatic N) is 1. The molecule has 1 aromatic carbocycles. The van der Waals surface area contributed by atoms with Gasteiger partial charge >= 0.3 is 0 Å². The fourth-order valence-corrected chi connectivity index (χ4v) is 3.28. The van der Waals surface area contributed by atoms with Crippen LogP contribution in [0.15, 0.2) is 35.9 Å². The second-order valence-corrected chi connectivity index (χ2v) is 6.31. The highest BCUT2D eigenvalue weighted by Crippen LogP contribution is 2.40. The standard InChI is InChI=1S/C18H23NO/c1-13(2)12-18(20)19(15-10-11-15)17-9-5-7-14-6-3-4-8-16(14)17/h3-4,6,8,12,15,17H,5,7,9-11H2,1-2H3. The van der Waals surface area contributed by atoms with E-state index in [9.17, 15) is 4.79 Å². The molecule has 0 bridgehead atoms. The highest BCUT2D eigenvalue weighted by atomic mass is 16.2. The van der Waals surface area contributed by atoms with Crippen molar-refractivity contribution in [3.05, 3.63) is 47.0 Å². The van der Waals surface area contributed by atoms with Gasteiger partial charge < -0.3 is 4.90 Å². The number of benzene rings is 1. The van der Waals surface area contributed by atoms with Crippen molar-refractivity contribution in [2.45, 2.75) is 58.0 Å². The Bertz CT molecular complexity index is 538. The molecule has 1 atom stereocenters. The molecule has 2 aliphatic rings. The molecule has 1 aromatic rings. The lowest BCUT2D eigenvalue weighted by molar-refractivity contribution is -0.129. The lowest BCUT2D eigenvalue weighted by Gasteiger charge is -2.35. The Morgan fingerprint density at radius 1 is 1.20 bits per heavy atom. The van der Waals surface area contributed by atoms with E-state index in [4.69, 9.17) is 0 Å². The van der Waals surface area contributed by atoms with Crippen molar-refractivity contribution in [2.24, 2.45) is 0 Å². The summed E-state index contributed by atoms with van der Waals surface area (Å²) in [5.74, 6) is 0.203. The van der Waals surface area contributed by atoms with Gasteiger partial charge in [-0.2, -0.15) is 0 Å². The molecule has 2 heteroatoms. The van der Waals surface area contributed by atoms with Crippen molar-refractivity contribution in [1.82, 2.24) is 4.90 Å². The summed E-state index contributed by atoms with van der Waals surface area (Å²) < 4.78 is 0. The van der Waals surface area contributed by atoms with Gasteiger partial charge in [-0.25, -0.2) is 0 Å². The minimum atomic E-state index is 0.203. The first kappa shape index (κ1) is 13.4. The van der Waals surface area contributed by atoms with Crippen molar-refractivity contribution >= 4 is 5.91 Å². The Labute approximate surface area is 121 Å². The predicted octanol–water partition coefficient (Wildman–Crippen LogP) is 4.02. The largest absolute Gasteiger partial charge is 0.329 e. The van der Waals surface area contributed by atoms with Crippen molar-refractivity contribution in [1.29, 1.82) is 0 Å². The van der Waals surface area contributed by atoms with E-state index in [1.165, 1.54) is 30.4 Å². The van der Waals surface area contributed by atoms with Crippen LogP contribution >= 0.6 is 0 Å². The van der Waals surface area contributed by atoms with Gasteiger partial charge in [-0.3, -0.25) is 4.79 Å². The summed E-state index contributed by atoms with van der Waals surface area (Å²) in [6, 6.07) is 9.40. The molecule has 0 radical (unpaired) electrons. The molecule has 106 valence electrons. The zero-order chi connectivity index (χ0) is 14.1. The molecule has 1 fully saturated rings. The maximum absolute atomic E-state index is 12.6. The van der Waals surface area contributed by atoms with Crippen LogP contribution in [0.25, 0.3) is 0 Å². The molecule has 1 unspecified atom stereocenters. The number of amides is 1. The normalized spacial score (nSPS) is 21.0. The third kappa shape index (κ3) is 2.65. The molecule has 0 heterocycles. The van der Waals surface area contributed by atoms with Crippen LogP contribution in [0.2, 0.25) is 0 Å². The number of fused-ring (bicyclic) bond motifs is 1. The Morgan fingerprint density at radius 3 is 2.65 bits per heavy atom. The van der Waals surface area contributed by atoms with E-state index in [1.807, 2.05) is 13.8 Å². The first-order chi connectivity index (χ1) is 9.66. The average molecular weight is 269 g/mol. The molecular weight excluding hydrogens is 246 g/mol. The van der Waals surface area contributed by atoms with Gasteiger partial charge in [0.25, 0.3) is 0 Å². The summed E-state index contributed by atoms with van der Waals surface area (Å²) in [4.78, 5) is 14.8. The second kappa shape index (κ2) is 5.43. The molecule has 0 aromatic heterocycles. The minimum absolute atomic E-state index is 0.203. The molecule has 0 saturated heterocycles. The van der Waals surface area contributed by atoms with Crippen LogP contribution in [0.5, 0.6) is 0 Å². The number of carbonyl (C=O) groups is 1. The van der Waals surface area contributed by atoms with Crippen LogP contribution in [-0.4, -0.2) is 16.8 Å². The van der Waals surface area contributed by atoms with Gasteiger partial charge in [0, 0.05) is 12.1 Å². The van der Waals surface area contributed by atoms with Crippen molar-refractivity contribution in [3.8, 4) is 0 Å². The van der Waals surface area contributed by atoms with Gasteiger partial charge in [-0.15, -0.1) is 0 Å². The zero-order valence-electron chi connectivity index (χ0n) is 12.4. The summed E-state index contributed by atoms with van der Waals surface area (Å²) in [5.41, 5.74) is 3.89. The van der Waals surface area contributed by atoms with Crippen LogP contribution in [-0.2, 0) is 11.2 Å². The quantitative estimate of drug-likeness (QED) is 0.759. The summed E-state index contributed by atoms with van der Waals surface area (Å²) in [6.45, 7) is 4.00. The van der Waals surface area contributed by atoms with Crippen molar-refractivity contribution < 1.29 is 4.79 Å². The fourth-order valence-electron chi connectivity index (χ4n) is 3.28. The topological polar surface area (TPSA) is 20.3 Å². The van der Waals surface area contributed by atoms with Crippen LogP contribution in [0, 0.1) is 0 Å². The number of hydrogen-bond acceptors (Lipinski definition) is 1. The summed E-state index contributed by atoms with van der Waals surface area (Å²) in [6.07, 6.45) is 7.59. The van der Waals surface area contributed by atoms with E-state index in [0.717, 1.165) is 18.4 Å². The average Bonchev–Trinajstić information content (AvgIpc) is 3.23. The van der Waals surface area contributed by atoms with Crippen molar-refractivity contribution in [2.75, 3.05) is 0 Å². The monoisotopic (exact) mass is 269 g/mol. The van der Waals surface area contributed by atoms with Crippen molar-refractivity contribution in [3.63, 3.8) is 0 Å². The lowest BCUT2D eigenvalue weighted by Crippen LogP contribution is -2.37. The molecule has 0 aliphatic heterocycles. The van der Waals surface area contributed by atoms with E-state index < -0.39 is 0 Å². The molecule has 20 heavy (non-hydrogen) atoms. The third-order valence-corrected chi connectivity index (χ3v) is 4.28. The van der Waals surface area contributed by atoms with E-state index in [-0.39, 0.29) is 11.9 Å². The van der Waals surface area contributed by atoms with Gasteiger partial charge in [0.15, 0.2) is 0 Å². The predicted molar refractivity (Wildman–Crippen MR) is 81.4 cm³/mol. The van der Waals surface area contributed by atoms with Crippen LogP contribution in [0.1, 0.15) is 56.7 Å². The SMILES string of the molecule is CC(C)=CC(=O)N(C1CC1)C1CCCc2ccccc21. The Morgan fingerprint density at radius 2 is 1.95 bits per heavy atom. The molecule has 3 rings (SSSR count). The highest BCUT2D eigenvalue weighted by molar-refractivity contribution is 5.89. The van der Waals surface area contributed by atoms with Gasteiger partial charge in [0.05, 0.1) is 6.04 Å². The van der Waals surface area contributed by atoms with Crippen LogP contribution in [0.4, 0.5) is 0 Å². The first-order valence-corrected chi connectivity index (χ1v) is 7.72.